The largest absolute Gasteiger partial charge is 0.0651 e. The normalized spacial score (nSPS) is 36.3. The fraction of sp³-hybridized carbons (Fsp3) is 1.00. The molecule has 1 rings (SSSR count). The number of hydrogen-bond donors (Lipinski definition) is 0. The summed E-state index contributed by atoms with van der Waals surface area (Å²) in [5.41, 5.74) is 0. The maximum Gasteiger partial charge on any atom is -0.0363 e. The minimum atomic E-state index is 0.970. The van der Waals surface area contributed by atoms with E-state index in [4.69, 9.17) is 0 Å². The van der Waals surface area contributed by atoms with Crippen LogP contribution in [0.3, 0.4) is 0 Å². The smallest absolute Gasteiger partial charge is 0.0363 e. The molecule has 0 aliphatic heterocycles. The van der Waals surface area contributed by atoms with Gasteiger partial charge in [-0.2, -0.15) is 0 Å². The zero-order chi connectivity index (χ0) is 7.56. The quantitative estimate of drug-likeness (QED) is 0.551. The minimum absolute atomic E-state index is 0.970. The summed E-state index contributed by atoms with van der Waals surface area (Å²) in [6.07, 6.45) is 5.83. The molecule has 3 atom stereocenters. The molecule has 0 spiro atoms. The third-order valence-corrected chi connectivity index (χ3v) is 3.30. The Morgan fingerprint density at radius 1 is 1.40 bits per heavy atom. The van der Waals surface area contributed by atoms with Crippen LogP contribution in [-0.4, -0.2) is 0 Å². The average molecular weight is 140 g/mol. The molecule has 1 aliphatic rings. The van der Waals surface area contributed by atoms with Crippen LogP contribution in [0.15, 0.2) is 0 Å². The van der Waals surface area contributed by atoms with Crippen LogP contribution in [0.1, 0.15) is 46.5 Å². The first-order valence-corrected chi connectivity index (χ1v) is 4.75. The maximum atomic E-state index is 2.42. The summed E-state index contributed by atoms with van der Waals surface area (Å²) in [6.45, 7) is 7.14. The molecule has 0 saturated heterocycles. The van der Waals surface area contributed by atoms with Crippen molar-refractivity contribution in [1.82, 2.24) is 0 Å². The molecule has 0 radical (unpaired) electrons. The third kappa shape index (κ3) is 1.53. The summed E-state index contributed by atoms with van der Waals surface area (Å²) in [4.78, 5) is 0. The lowest BCUT2D eigenvalue weighted by Gasteiger charge is -2.21. The molecule has 0 nitrogen and oxygen atoms in total. The summed E-state index contributed by atoms with van der Waals surface area (Å²) in [7, 11) is 0. The molecule has 0 heterocycles. The van der Waals surface area contributed by atoms with Gasteiger partial charge in [-0.05, 0) is 24.2 Å². The van der Waals surface area contributed by atoms with E-state index >= 15 is 0 Å². The zero-order valence-corrected chi connectivity index (χ0v) is 7.56. The molecule has 1 aliphatic carbocycles. The molecule has 1 fully saturated rings. The van der Waals surface area contributed by atoms with Crippen molar-refractivity contribution in [3.63, 3.8) is 0 Å². The maximum absolute atomic E-state index is 2.42. The molecule has 1 unspecified atom stereocenters. The molecule has 0 aromatic carbocycles. The van der Waals surface area contributed by atoms with Crippen molar-refractivity contribution in [3.05, 3.63) is 0 Å². The number of hydrogen-bond acceptors (Lipinski definition) is 0. The average Bonchev–Trinajstić information content (AvgIpc) is 2.34. The highest BCUT2D eigenvalue weighted by Crippen LogP contribution is 2.37. The van der Waals surface area contributed by atoms with Crippen molar-refractivity contribution in [1.29, 1.82) is 0 Å². The monoisotopic (exact) mass is 140 g/mol. The molecule has 1 saturated carbocycles. The van der Waals surface area contributed by atoms with Gasteiger partial charge in [0, 0.05) is 0 Å². The molecule has 0 aromatic rings. The third-order valence-electron chi connectivity index (χ3n) is 3.30. The Morgan fingerprint density at radius 2 is 2.10 bits per heavy atom. The van der Waals surface area contributed by atoms with E-state index in [1.807, 2.05) is 0 Å². The SMILES string of the molecule is CC[C@@H](C)[C@H]1CCCC1C. The second-order valence-electron chi connectivity index (χ2n) is 3.96. The van der Waals surface area contributed by atoms with Gasteiger partial charge in [0.25, 0.3) is 0 Å². The van der Waals surface area contributed by atoms with Crippen LogP contribution >= 0.6 is 0 Å². The van der Waals surface area contributed by atoms with Crippen LogP contribution < -0.4 is 0 Å². The van der Waals surface area contributed by atoms with Crippen LogP contribution in [0.25, 0.3) is 0 Å². The summed E-state index contributed by atoms with van der Waals surface area (Å²) in [5.74, 6) is 3.03. The van der Waals surface area contributed by atoms with Crippen molar-refractivity contribution >= 4 is 0 Å². The van der Waals surface area contributed by atoms with Gasteiger partial charge in [0.1, 0.15) is 0 Å². The topological polar surface area (TPSA) is 0 Å². The summed E-state index contributed by atoms with van der Waals surface area (Å²) < 4.78 is 0. The van der Waals surface area contributed by atoms with Crippen molar-refractivity contribution in [2.45, 2.75) is 46.5 Å². The van der Waals surface area contributed by atoms with Crippen LogP contribution in [0.2, 0.25) is 0 Å². The van der Waals surface area contributed by atoms with Gasteiger partial charge in [0.2, 0.25) is 0 Å². The molecule has 0 N–H and O–H groups in total. The first-order valence-electron chi connectivity index (χ1n) is 4.75. The minimum Gasteiger partial charge on any atom is -0.0651 e. The standard InChI is InChI=1S/C10H20/c1-4-8(2)10-7-5-6-9(10)3/h8-10H,4-7H2,1-3H3/t8-,9?,10-/m1/s1. The van der Waals surface area contributed by atoms with Crippen molar-refractivity contribution < 1.29 is 0 Å². The lowest BCUT2D eigenvalue weighted by atomic mass is 9.85. The Morgan fingerprint density at radius 3 is 2.50 bits per heavy atom. The Kier molecular flexibility index (Phi) is 2.76. The van der Waals surface area contributed by atoms with Crippen LogP contribution in [0.5, 0.6) is 0 Å². The van der Waals surface area contributed by atoms with Crippen LogP contribution in [0, 0.1) is 17.8 Å². The lowest BCUT2D eigenvalue weighted by molar-refractivity contribution is 0.287. The van der Waals surface area contributed by atoms with E-state index < -0.39 is 0 Å². The predicted octanol–water partition coefficient (Wildman–Crippen LogP) is 3.47. The highest BCUT2D eigenvalue weighted by molar-refractivity contribution is 4.77. The molecule has 0 heteroatoms. The molecule has 0 bridgehead atoms. The Bertz CT molecular complexity index is 96.2. The van der Waals surface area contributed by atoms with Gasteiger partial charge >= 0.3 is 0 Å². The molecule has 0 aromatic heterocycles. The first-order chi connectivity index (χ1) is 4.75. The highest BCUT2D eigenvalue weighted by atomic mass is 14.3. The van der Waals surface area contributed by atoms with Crippen molar-refractivity contribution in [3.8, 4) is 0 Å². The lowest BCUT2D eigenvalue weighted by Crippen LogP contribution is -2.13. The Balaban J connectivity index is 2.38. The van der Waals surface area contributed by atoms with Gasteiger partial charge in [0.05, 0.1) is 0 Å². The highest BCUT2D eigenvalue weighted by Gasteiger charge is 2.26. The number of rotatable bonds is 2. The molecule has 0 amide bonds. The van der Waals surface area contributed by atoms with E-state index in [0.29, 0.717) is 0 Å². The van der Waals surface area contributed by atoms with Crippen molar-refractivity contribution in [2.75, 3.05) is 0 Å². The second-order valence-corrected chi connectivity index (χ2v) is 3.96. The second kappa shape index (κ2) is 3.41. The first kappa shape index (κ1) is 8.10. The van der Waals surface area contributed by atoms with Crippen molar-refractivity contribution in [2.24, 2.45) is 17.8 Å². The summed E-state index contributed by atoms with van der Waals surface area (Å²) in [6, 6.07) is 0. The van der Waals surface area contributed by atoms with Gasteiger partial charge in [-0.15, -0.1) is 0 Å². The van der Waals surface area contributed by atoms with E-state index in [1.165, 1.54) is 25.7 Å². The van der Waals surface area contributed by atoms with E-state index in [-0.39, 0.29) is 0 Å². The van der Waals surface area contributed by atoms with Crippen LogP contribution in [0.4, 0.5) is 0 Å². The van der Waals surface area contributed by atoms with E-state index in [9.17, 15) is 0 Å². The van der Waals surface area contributed by atoms with E-state index in [2.05, 4.69) is 20.8 Å². The molecule has 60 valence electrons. The van der Waals surface area contributed by atoms with Gasteiger partial charge in [-0.25, -0.2) is 0 Å². The fourth-order valence-electron chi connectivity index (χ4n) is 2.32. The molecular weight excluding hydrogens is 120 g/mol. The Labute approximate surface area is 65.0 Å². The summed E-state index contributed by atoms with van der Waals surface area (Å²) >= 11 is 0. The van der Waals surface area contributed by atoms with Gasteiger partial charge in [-0.3, -0.25) is 0 Å². The summed E-state index contributed by atoms with van der Waals surface area (Å²) in [5, 5.41) is 0. The van der Waals surface area contributed by atoms with E-state index in [0.717, 1.165) is 17.8 Å². The molecular formula is C10H20. The van der Waals surface area contributed by atoms with E-state index in [1.54, 1.807) is 0 Å². The fourth-order valence-corrected chi connectivity index (χ4v) is 2.32. The Hall–Kier alpha value is 0. The molecule has 10 heavy (non-hydrogen) atoms. The van der Waals surface area contributed by atoms with Gasteiger partial charge < -0.3 is 0 Å². The van der Waals surface area contributed by atoms with Gasteiger partial charge in [0.15, 0.2) is 0 Å². The van der Waals surface area contributed by atoms with Crippen LogP contribution in [-0.2, 0) is 0 Å². The van der Waals surface area contributed by atoms with Gasteiger partial charge in [-0.1, -0.05) is 40.0 Å². The predicted molar refractivity (Wildman–Crippen MR) is 46.0 cm³/mol. The zero-order valence-electron chi connectivity index (χ0n) is 7.56.